The number of benzene rings is 3. The van der Waals surface area contributed by atoms with Crippen LogP contribution in [0.4, 0.5) is 24.5 Å². The van der Waals surface area contributed by atoms with E-state index in [1.807, 2.05) is 0 Å². The maximum Gasteiger partial charge on any atom is 0.416 e. The molecule has 1 fully saturated rings. The van der Waals surface area contributed by atoms with Crippen molar-refractivity contribution >= 4 is 46.3 Å². The summed E-state index contributed by atoms with van der Waals surface area (Å²) in [5.74, 6) is -0.234. The van der Waals surface area contributed by atoms with E-state index in [1.165, 1.54) is 49.6 Å². The van der Waals surface area contributed by atoms with Gasteiger partial charge in [-0.2, -0.15) is 18.3 Å². The fourth-order valence-electron chi connectivity index (χ4n) is 3.77. The highest BCUT2D eigenvalue weighted by Gasteiger charge is 2.40. The molecule has 0 saturated carbocycles. The maximum absolute atomic E-state index is 13.3. The van der Waals surface area contributed by atoms with Gasteiger partial charge in [0.2, 0.25) is 11.8 Å². The van der Waals surface area contributed by atoms with Gasteiger partial charge >= 0.3 is 6.18 Å². The van der Waals surface area contributed by atoms with Crippen molar-refractivity contribution in [3.8, 4) is 17.2 Å². The third-order valence-corrected chi connectivity index (χ3v) is 6.75. The zero-order valence-corrected chi connectivity index (χ0v) is 22.0. The Balaban J connectivity index is 1.55. The number of phenolic OH excluding ortho intramolecular Hbond substituents is 1. The molecule has 3 aromatic carbocycles. The van der Waals surface area contributed by atoms with Gasteiger partial charge in [0.05, 0.1) is 31.7 Å². The fraction of sp³-hybridized carbons (Fsp3) is 0.185. The van der Waals surface area contributed by atoms with E-state index in [0.717, 1.165) is 23.9 Å². The molecule has 2 amide bonds. The fourth-order valence-corrected chi connectivity index (χ4v) is 4.86. The summed E-state index contributed by atoms with van der Waals surface area (Å²) in [6.45, 7) is 0. The van der Waals surface area contributed by atoms with Crippen molar-refractivity contribution < 1.29 is 37.3 Å². The number of amides is 2. The van der Waals surface area contributed by atoms with Gasteiger partial charge in [-0.05, 0) is 54.1 Å². The number of methoxy groups -OCH3 is 2. The second kappa shape index (κ2) is 12.1. The van der Waals surface area contributed by atoms with Crippen LogP contribution in [0.1, 0.15) is 17.5 Å². The molecule has 1 aliphatic heterocycles. The van der Waals surface area contributed by atoms with E-state index >= 15 is 0 Å². The number of ether oxygens (including phenoxy) is 2. The van der Waals surface area contributed by atoms with Gasteiger partial charge in [-0.3, -0.25) is 14.5 Å². The predicted octanol–water partition coefficient (Wildman–Crippen LogP) is 5.30. The first kappa shape index (κ1) is 28.5. The maximum atomic E-state index is 13.3. The second-order valence-electron chi connectivity index (χ2n) is 8.37. The average molecular weight is 573 g/mol. The Labute approximate surface area is 231 Å². The number of alkyl halides is 3. The van der Waals surface area contributed by atoms with Gasteiger partial charge < -0.3 is 19.9 Å². The summed E-state index contributed by atoms with van der Waals surface area (Å²) in [6.07, 6.45) is -3.47. The van der Waals surface area contributed by atoms with Crippen LogP contribution < -0.4 is 19.7 Å². The minimum absolute atomic E-state index is 0.0477. The number of anilines is 2. The highest BCUT2D eigenvalue weighted by molar-refractivity contribution is 8.16. The van der Waals surface area contributed by atoms with Gasteiger partial charge in [-0.15, -0.1) is 5.10 Å². The smallest absolute Gasteiger partial charge is 0.416 e. The Morgan fingerprint density at radius 3 is 2.52 bits per heavy atom. The molecule has 40 heavy (non-hydrogen) atoms. The lowest BCUT2D eigenvalue weighted by atomic mass is 10.2. The summed E-state index contributed by atoms with van der Waals surface area (Å²) in [5.41, 5.74) is -0.0162. The predicted molar refractivity (Wildman–Crippen MR) is 146 cm³/mol. The van der Waals surface area contributed by atoms with Crippen molar-refractivity contribution in [2.75, 3.05) is 24.4 Å². The Morgan fingerprint density at radius 2 is 1.82 bits per heavy atom. The number of amidine groups is 1. The molecule has 208 valence electrons. The molecule has 1 atom stereocenters. The standard InChI is InChI=1S/C27H23F3N4O5S/c1-38-21-10-9-16(11-22(21)39-2)15-31-33-26-34(19-7-4-8-20(35)13-19)25(37)23(40-26)14-24(36)32-18-6-3-5-17(12-18)27(28,29)30/h3-13,15,23,35H,14H2,1-2H3,(H,32,36)/b31-15+,33-26+. The number of thioether (sulfide) groups is 1. The molecule has 0 aliphatic carbocycles. The molecule has 0 aromatic heterocycles. The van der Waals surface area contributed by atoms with E-state index in [0.29, 0.717) is 22.7 Å². The van der Waals surface area contributed by atoms with Crippen molar-refractivity contribution in [1.82, 2.24) is 0 Å². The van der Waals surface area contributed by atoms with Crippen LogP contribution in [0.2, 0.25) is 0 Å². The third-order valence-electron chi connectivity index (χ3n) is 5.62. The number of hydrogen-bond acceptors (Lipinski definition) is 8. The molecule has 1 heterocycles. The molecule has 0 spiro atoms. The van der Waals surface area contributed by atoms with Crippen LogP contribution in [0, 0.1) is 0 Å². The molecule has 1 saturated heterocycles. The van der Waals surface area contributed by atoms with Crippen molar-refractivity contribution in [2.24, 2.45) is 10.2 Å². The third kappa shape index (κ3) is 6.72. The number of aromatic hydroxyl groups is 1. The largest absolute Gasteiger partial charge is 0.508 e. The van der Waals surface area contributed by atoms with Crippen LogP contribution in [-0.2, 0) is 15.8 Å². The first-order valence-corrected chi connectivity index (χ1v) is 12.6. The van der Waals surface area contributed by atoms with E-state index in [-0.39, 0.29) is 23.0 Å². The molecule has 2 N–H and O–H groups in total. The number of carbonyl (C=O) groups excluding carboxylic acids is 2. The number of rotatable bonds is 8. The molecule has 1 aliphatic rings. The number of nitrogens with one attached hydrogen (secondary N) is 1. The van der Waals surface area contributed by atoms with Crippen LogP contribution in [0.5, 0.6) is 17.2 Å². The first-order chi connectivity index (χ1) is 19.1. The van der Waals surface area contributed by atoms with Crippen LogP contribution >= 0.6 is 11.8 Å². The summed E-state index contributed by atoms with van der Waals surface area (Å²) in [6, 6.07) is 15.2. The van der Waals surface area contributed by atoms with Crippen molar-refractivity contribution in [3.05, 3.63) is 77.9 Å². The number of carbonyl (C=O) groups is 2. The lowest BCUT2D eigenvalue weighted by Crippen LogP contribution is -2.33. The van der Waals surface area contributed by atoms with Crippen molar-refractivity contribution in [3.63, 3.8) is 0 Å². The molecule has 0 radical (unpaired) electrons. The quantitative estimate of drug-likeness (QED) is 0.280. The second-order valence-corrected chi connectivity index (χ2v) is 9.54. The number of hydrogen-bond donors (Lipinski definition) is 2. The highest BCUT2D eigenvalue weighted by atomic mass is 32.2. The molecule has 13 heteroatoms. The zero-order chi connectivity index (χ0) is 28.9. The average Bonchev–Trinajstić information content (AvgIpc) is 3.22. The minimum atomic E-state index is -4.57. The van der Waals surface area contributed by atoms with E-state index in [9.17, 15) is 27.9 Å². The van der Waals surface area contributed by atoms with Gasteiger partial charge in [0, 0.05) is 18.2 Å². The molecular weight excluding hydrogens is 549 g/mol. The molecule has 3 aromatic rings. The van der Waals surface area contributed by atoms with E-state index in [4.69, 9.17) is 9.47 Å². The number of nitrogens with zero attached hydrogens (tertiary/aromatic N) is 3. The van der Waals surface area contributed by atoms with Crippen LogP contribution in [0.15, 0.2) is 76.9 Å². The molecule has 4 rings (SSSR count). The minimum Gasteiger partial charge on any atom is -0.508 e. The van der Waals surface area contributed by atoms with Crippen molar-refractivity contribution in [2.45, 2.75) is 17.8 Å². The lowest BCUT2D eigenvalue weighted by molar-refractivity contribution is -0.137. The number of halogens is 3. The molecular formula is C27H23F3N4O5S. The Hall–Kier alpha value is -4.52. The molecule has 9 nitrogen and oxygen atoms in total. The van der Waals surface area contributed by atoms with Gasteiger partial charge in [0.1, 0.15) is 11.0 Å². The number of phenols is 1. The van der Waals surface area contributed by atoms with Gasteiger partial charge in [0.25, 0.3) is 0 Å². The summed E-state index contributed by atoms with van der Waals surface area (Å²) in [7, 11) is 3.01. The van der Waals surface area contributed by atoms with Crippen LogP contribution in [-0.4, -0.2) is 47.8 Å². The first-order valence-electron chi connectivity index (χ1n) is 11.7. The Morgan fingerprint density at radius 1 is 1.07 bits per heavy atom. The molecule has 0 bridgehead atoms. The highest BCUT2D eigenvalue weighted by Crippen LogP contribution is 2.36. The van der Waals surface area contributed by atoms with Gasteiger partial charge in [-0.1, -0.05) is 23.9 Å². The zero-order valence-electron chi connectivity index (χ0n) is 21.2. The van der Waals surface area contributed by atoms with Gasteiger partial charge in [0.15, 0.2) is 16.7 Å². The SMILES string of the molecule is COc1ccc(/C=N/N=C2/SC(CC(=O)Nc3cccc(C(F)(F)F)c3)C(=O)N2c2cccc(O)c2)cc1OC. The van der Waals surface area contributed by atoms with E-state index in [2.05, 4.69) is 15.5 Å². The topological polar surface area (TPSA) is 113 Å². The van der Waals surface area contributed by atoms with Crippen LogP contribution in [0.25, 0.3) is 0 Å². The van der Waals surface area contributed by atoms with Crippen LogP contribution in [0.3, 0.4) is 0 Å². The monoisotopic (exact) mass is 572 g/mol. The summed E-state index contributed by atoms with van der Waals surface area (Å²) in [4.78, 5) is 27.2. The lowest BCUT2D eigenvalue weighted by Gasteiger charge is -2.16. The normalized spacial score (nSPS) is 16.5. The van der Waals surface area contributed by atoms with E-state index in [1.54, 1.807) is 30.3 Å². The summed E-state index contributed by atoms with van der Waals surface area (Å²) >= 11 is 0.968. The Bertz CT molecular complexity index is 1480. The molecule has 1 unspecified atom stereocenters. The van der Waals surface area contributed by atoms with E-state index < -0.39 is 28.8 Å². The summed E-state index contributed by atoms with van der Waals surface area (Å²) in [5, 5.41) is 19.8. The Kier molecular flexibility index (Phi) is 8.63. The van der Waals surface area contributed by atoms with Gasteiger partial charge in [-0.25, -0.2) is 0 Å². The summed E-state index contributed by atoms with van der Waals surface area (Å²) < 4.78 is 49.6. The van der Waals surface area contributed by atoms with Crippen molar-refractivity contribution in [1.29, 1.82) is 0 Å².